The lowest BCUT2D eigenvalue weighted by atomic mass is 10.1. The minimum atomic E-state index is -0.0460. The summed E-state index contributed by atoms with van der Waals surface area (Å²) < 4.78 is 11.3. The average Bonchev–Trinajstić information content (AvgIpc) is 2.74. The lowest BCUT2D eigenvalue weighted by molar-refractivity contribution is 0.0954. The third kappa shape index (κ3) is 7.09. The van der Waals surface area contributed by atoms with Crippen LogP contribution in [0.4, 0.5) is 0 Å². The number of nitrogens with one attached hydrogen (secondary N) is 1. The molecule has 2 rings (SSSR count). The van der Waals surface area contributed by atoms with Gasteiger partial charge in [-0.15, -0.1) is 0 Å². The molecule has 0 spiro atoms. The van der Waals surface area contributed by atoms with Crippen LogP contribution in [0.3, 0.4) is 0 Å². The smallest absolute Gasteiger partial charge is 0.251 e. The third-order valence-corrected chi connectivity index (χ3v) is 4.82. The van der Waals surface area contributed by atoms with E-state index in [-0.39, 0.29) is 5.91 Å². The molecular weight excluding hydrogens is 364 g/mol. The van der Waals surface area contributed by atoms with Crippen LogP contribution >= 0.6 is 0 Å². The fourth-order valence-electron chi connectivity index (χ4n) is 3.14. The van der Waals surface area contributed by atoms with E-state index in [0.29, 0.717) is 25.3 Å². The van der Waals surface area contributed by atoms with Gasteiger partial charge in [-0.2, -0.15) is 0 Å². The zero-order valence-corrected chi connectivity index (χ0v) is 18.2. The van der Waals surface area contributed by atoms with Crippen molar-refractivity contribution in [3.8, 4) is 11.5 Å². The topological polar surface area (TPSA) is 50.8 Å². The van der Waals surface area contributed by atoms with Crippen molar-refractivity contribution in [3.63, 3.8) is 0 Å². The summed E-state index contributed by atoms with van der Waals surface area (Å²) in [4.78, 5) is 14.8. The van der Waals surface area contributed by atoms with Crippen molar-refractivity contribution in [1.29, 1.82) is 0 Å². The van der Waals surface area contributed by atoms with E-state index >= 15 is 0 Å². The van der Waals surface area contributed by atoms with Gasteiger partial charge in [0.1, 0.15) is 0 Å². The summed E-state index contributed by atoms with van der Waals surface area (Å²) in [6.45, 7) is 12.9. The van der Waals surface area contributed by atoms with E-state index in [4.69, 9.17) is 9.47 Å². The summed E-state index contributed by atoms with van der Waals surface area (Å²) in [5, 5.41) is 3.00. The quantitative estimate of drug-likeness (QED) is 0.579. The van der Waals surface area contributed by atoms with E-state index in [2.05, 4.69) is 24.1 Å². The number of hydrogen-bond acceptors (Lipinski definition) is 4. The van der Waals surface area contributed by atoms with Crippen LogP contribution in [0.1, 0.15) is 49.2 Å². The highest BCUT2D eigenvalue weighted by Gasteiger charge is 2.09. The van der Waals surface area contributed by atoms with E-state index < -0.39 is 0 Å². The number of ether oxygens (including phenoxy) is 2. The summed E-state index contributed by atoms with van der Waals surface area (Å²) in [6, 6.07) is 13.8. The zero-order chi connectivity index (χ0) is 21.1. The first-order valence-electron chi connectivity index (χ1n) is 10.6. The van der Waals surface area contributed by atoms with Crippen molar-refractivity contribution in [3.05, 3.63) is 59.2 Å². The fraction of sp³-hybridized carbons (Fsp3) is 0.458. The maximum absolute atomic E-state index is 12.4. The minimum absolute atomic E-state index is 0.0460. The van der Waals surface area contributed by atoms with Crippen molar-refractivity contribution >= 4 is 5.91 Å². The largest absolute Gasteiger partial charge is 0.490 e. The molecule has 2 aromatic rings. The number of nitrogens with zero attached hydrogens (tertiary/aromatic N) is 1. The molecule has 0 heterocycles. The van der Waals surface area contributed by atoms with Gasteiger partial charge in [-0.25, -0.2) is 0 Å². The first kappa shape index (κ1) is 22.8. The standard InChI is InChI=1S/C24H34N2O3/c1-5-26(6-2)18-20-9-12-21(13-10-20)24(27)25-16-15-19-11-14-22(28-7-3)23(17-19)29-8-4/h9-14,17H,5-8,15-16,18H2,1-4H3,(H,25,27). The first-order chi connectivity index (χ1) is 14.1. The van der Waals surface area contributed by atoms with Gasteiger partial charge in [0, 0.05) is 18.7 Å². The predicted octanol–water partition coefficient (Wildman–Crippen LogP) is 4.30. The molecule has 0 saturated heterocycles. The van der Waals surface area contributed by atoms with E-state index in [1.165, 1.54) is 5.56 Å². The molecule has 0 fully saturated rings. The maximum atomic E-state index is 12.4. The Kier molecular flexibility index (Phi) is 9.51. The summed E-state index contributed by atoms with van der Waals surface area (Å²) in [6.07, 6.45) is 0.734. The van der Waals surface area contributed by atoms with E-state index in [9.17, 15) is 4.79 Å². The summed E-state index contributed by atoms with van der Waals surface area (Å²) in [7, 11) is 0. The van der Waals surface area contributed by atoms with Crippen molar-refractivity contribution in [2.24, 2.45) is 0 Å². The molecule has 1 N–H and O–H groups in total. The lowest BCUT2D eigenvalue weighted by Crippen LogP contribution is -2.26. The second kappa shape index (κ2) is 12.1. The van der Waals surface area contributed by atoms with Gasteiger partial charge in [-0.05, 0) is 68.8 Å². The molecule has 5 nitrogen and oxygen atoms in total. The first-order valence-corrected chi connectivity index (χ1v) is 10.6. The fourth-order valence-corrected chi connectivity index (χ4v) is 3.14. The number of rotatable bonds is 12. The minimum Gasteiger partial charge on any atom is -0.490 e. The van der Waals surface area contributed by atoms with Gasteiger partial charge in [0.2, 0.25) is 0 Å². The Balaban J connectivity index is 1.88. The van der Waals surface area contributed by atoms with Crippen LogP contribution in [-0.2, 0) is 13.0 Å². The van der Waals surface area contributed by atoms with Crippen molar-refractivity contribution in [2.45, 2.75) is 40.7 Å². The van der Waals surface area contributed by atoms with Crippen LogP contribution in [0.2, 0.25) is 0 Å². The van der Waals surface area contributed by atoms with Gasteiger partial charge in [-0.1, -0.05) is 32.0 Å². The Morgan fingerprint density at radius 1 is 0.862 bits per heavy atom. The van der Waals surface area contributed by atoms with Crippen molar-refractivity contribution in [1.82, 2.24) is 10.2 Å². The van der Waals surface area contributed by atoms with Crippen LogP contribution in [0.5, 0.6) is 11.5 Å². The number of carbonyl (C=O) groups is 1. The summed E-state index contributed by atoms with van der Waals surface area (Å²) in [5.41, 5.74) is 3.02. The normalized spacial score (nSPS) is 10.8. The number of amides is 1. The average molecular weight is 399 g/mol. The molecule has 0 saturated carbocycles. The molecule has 1 amide bonds. The lowest BCUT2D eigenvalue weighted by Gasteiger charge is -2.18. The molecule has 158 valence electrons. The molecule has 29 heavy (non-hydrogen) atoms. The molecule has 0 aromatic heterocycles. The summed E-state index contributed by atoms with van der Waals surface area (Å²) in [5.74, 6) is 1.46. The summed E-state index contributed by atoms with van der Waals surface area (Å²) >= 11 is 0. The highest BCUT2D eigenvalue weighted by molar-refractivity contribution is 5.94. The molecule has 0 unspecified atom stereocenters. The third-order valence-electron chi connectivity index (χ3n) is 4.82. The van der Waals surface area contributed by atoms with Gasteiger partial charge in [-0.3, -0.25) is 9.69 Å². The molecule has 0 aliphatic rings. The Morgan fingerprint density at radius 2 is 1.48 bits per heavy atom. The number of hydrogen-bond donors (Lipinski definition) is 1. The van der Waals surface area contributed by atoms with Gasteiger partial charge < -0.3 is 14.8 Å². The van der Waals surface area contributed by atoms with E-state index in [1.54, 1.807) is 0 Å². The van der Waals surface area contributed by atoms with Crippen molar-refractivity contribution in [2.75, 3.05) is 32.8 Å². The molecule has 0 radical (unpaired) electrons. The molecular formula is C24H34N2O3. The highest BCUT2D eigenvalue weighted by atomic mass is 16.5. The number of carbonyl (C=O) groups excluding carboxylic acids is 1. The predicted molar refractivity (Wildman–Crippen MR) is 118 cm³/mol. The number of benzene rings is 2. The van der Waals surface area contributed by atoms with Crippen LogP contribution in [0.15, 0.2) is 42.5 Å². The van der Waals surface area contributed by atoms with E-state index in [0.717, 1.165) is 43.1 Å². The molecule has 5 heteroatoms. The van der Waals surface area contributed by atoms with Crippen LogP contribution in [-0.4, -0.2) is 43.7 Å². The molecule has 2 aromatic carbocycles. The van der Waals surface area contributed by atoms with E-state index in [1.807, 2.05) is 56.3 Å². The van der Waals surface area contributed by atoms with Gasteiger partial charge in [0.25, 0.3) is 5.91 Å². The second-order valence-electron chi connectivity index (χ2n) is 6.81. The Labute approximate surface area is 175 Å². The molecule has 0 atom stereocenters. The van der Waals surface area contributed by atoms with Gasteiger partial charge in [0.15, 0.2) is 11.5 Å². The van der Waals surface area contributed by atoms with Crippen LogP contribution in [0.25, 0.3) is 0 Å². The van der Waals surface area contributed by atoms with Crippen LogP contribution in [0, 0.1) is 0 Å². The zero-order valence-electron chi connectivity index (χ0n) is 18.2. The Morgan fingerprint density at radius 3 is 2.10 bits per heavy atom. The Hall–Kier alpha value is -2.53. The molecule has 0 bridgehead atoms. The van der Waals surface area contributed by atoms with Gasteiger partial charge in [0.05, 0.1) is 13.2 Å². The monoisotopic (exact) mass is 398 g/mol. The highest BCUT2D eigenvalue weighted by Crippen LogP contribution is 2.28. The SMILES string of the molecule is CCOc1ccc(CCNC(=O)c2ccc(CN(CC)CC)cc2)cc1OCC. The molecule has 0 aliphatic heterocycles. The van der Waals surface area contributed by atoms with Crippen LogP contribution < -0.4 is 14.8 Å². The second-order valence-corrected chi connectivity index (χ2v) is 6.81. The van der Waals surface area contributed by atoms with Crippen molar-refractivity contribution < 1.29 is 14.3 Å². The maximum Gasteiger partial charge on any atom is 0.251 e. The molecule has 0 aliphatic carbocycles. The Bertz CT molecular complexity index is 755. The van der Waals surface area contributed by atoms with Gasteiger partial charge >= 0.3 is 0 Å².